The molecule has 2 aliphatic rings. The van der Waals surface area contributed by atoms with Crippen molar-refractivity contribution < 1.29 is 19.0 Å². The standard InChI is InChI=1S/C22H25F2NO2/c23-20-6-3-16(9-21(20)24)10-22(27)11-17-13-25(14-18(17)12-22)8-7-15-1-4-19(26)5-2-15/h1-6,9,17-18,26-27H,7-8,10-14H2/t17-,18+,22?. The van der Waals surface area contributed by atoms with Crippen LogP contribution in [-0.2, 0) is 12.8 Å². The number of fused-ring (bicyclic) bond motifs is 1. The van der Waals surface area contributed by atoms with E-state index in [0.29, 0.717) is 36.7 Å². The van der Waals surface area contributed by atoms with E-state index >= 15 is 0 Å². The lowest BCUT2D eigenvalue weighted by Crippen LogP contribution is -2.32. The molecule has 1 unspecified atom stereocenters. The van der Waals surface area contributed by atoms with Gasteiger partial charge in [-0.1, -0.05) is 18.2 Å². The number of phenolic OH excluding ortho intramolecular Hbond substituents is 1. The number of phenols is 1. The van der Waals surface area contributed by atoms with Gasteiger partial charge in [-0.3, -0.25) is 0 Å². The van der Waals surface area contributed by atoms with Crippen molar-refractivity contribution in [1.82, 2.24) is 4.90 Å². The zero-order valence-corrected chi connectivity index (χ0v) is 15.2. The number of hydrogen-bond acceptors (Lipinski definition) is 3. The Morgan fingerprint density at radius 3 is 2.19 bits per heavy atom. The van der Waals surface area contributed by atoms with E-state index in [1.54, 1.807) is 18.2 Å². The highest BCUT2D eigenvalue weighted by molar-refractivity contribution is 5.26. The maximum Gasteiger partial charge on any atom is 0.159 e. The number of halogens is 2. The van der Waals surface area contributed by atoms with Gasteiger partial charge in [0.25, 0.3) is 0 Å². The molecule has 3 atom stereocenters. The Morgan fingerprint density at radius 1 is 0.926 bits per heavy atom. The molecule has 1 aliphatic heterocycles. The van der Waals surface area contributed by atoms with E-state index in [1.807, 2.05) is 12.1 Å². The van der Waals surface area contributed by atoms with Gasteiger partial charge in [0.1, 0.15) is 5.75 Å². The van der Waals surface area contributed by atoms with Gasteiger partial charge in [-0.15, -0.1) is 0 Å². The minimum atomic E-state index is -0.852. The Hall–Kier alpha value is -1.98. The summed E-state index contributed by atoms with van der Waals surface area (Å²) in [6.07, 6.45) is 2.75. The average Bonchev–Trinajstić information content (AvgIpc) is 3.12. The number of nitrogens with zero attached hydrogens (tertiary/aromatic N) is 1. The van der Waals surface area contributed by atoms with Gasteiger partial charge >= 0.3 is 0 Å². The smallest absolute Gasteiger partial charge is 0.159 e. The van der Waals surface area contributed by atoms with E-state index in [9.17, 15) is 19.0 Å². The van der Waals surface area contributed by atoms with Gasteiger partial charge in [0.15, 0.2) is 11.6 Å². The quantitative estimate of drug-likeness (QED) is 0.843. The zero-order chi connectivity index (χ0) is 19.0. The summed E-state index contributed by atoms with van der Waals surface area (Å²) < 4.78 is 26.5. The van der Waals surface area contributed by atoms with Crippen molar-refractivity contribution in [2.75, 3.05) is 19.6 Å². The molecule has 0 bridgehead atoms. The van der Waals surface area contributed by atoms with Crippen molar-refractivity contribution in [3.05, 3.63) is 65.2 Å². The van der Waals surface area contributed by atoms with E-state index in [2.05, 4.69) is 4.90 Å². The van der Waals surface area contributed by atoms with Gasteiger partial charge in [0.2, 0.25) is 0 Å². The zero-order valence-electron chi connectivity index (χ0n) is 15.2. The molecule has 2 aromatic carbocycles. The highest BCUT2D eigenvalue weighted by atomic mass is 19.2. The molecule has 1 saturated heterocycles. The Kier molecular flexibility index (Phi) is 4.91. The molecule has 2 fully saturated rings. The maximum absolute atomic E-state index is 13.4. The van der Waals surface area contributed by atoms with Gasteiger partial charge in [-0.2, -0.15) is 0 Å². The van der Waals surface area contributed by atoms with E-state index in [-0.39, 0.29) is 5.75 Å². The van der Waals surface area contributed by atoms with Crippen LogP contribution >= 0.6 is 0 Å². The molecule has 144 valence electrons. The molecular formula is C22H25F2NO2. The number of aromatic hydroxyl groups is 1. The van der Waals surface area contributed by atoms with Crippen LogP contribution in [0, 0.1) is 23.5 Å². The highest BCUT2D eigenvalue weighted by Gasteiger charge is 2.47. The number of hydrogen-bond donors (Lipinski definition) is 2. The largest absolute Gasteiger partial charge is 0.508 e. The number of likely N-dealkylation sites (tertiary alicyclic amines) is 1. The highest BCUT2D eigenvalue weighted by Crippen LogP contribution is 2.45. The second-order valence-electron chi connectivity index (χ2n) is 8.25. The van der Waals surface area contributed by atoms with Crippen LogP contribution in [0.25, 0.3) is 0 Å². The summed E-state index contributed by atoms with van der Waals surface area (Å²) in [7, 11) is 0. The Morgan fingerprint density at radius 2 is 1.56 bits per heavy atom. The summed E-state index contributed by atoms with van der Waals surface area (Å²) in [5.74, 6) is -0.497. The summed E-state index contributed by atoms with van der Waals surface area (Å²) in [6, 6.07) is 11.2. The third kappa shape index (κ3) is 4.14. The van der Waals surface area contributed by atoms with Crippen LogP contribution in [0.15, 0.2) is 42.5 Å². The third-order valence-corrected chi connectivity index (χ3v) is 6.11. The van der Waals surface area contributed by atoms with E-state index < -0.39 is 17.2 Å². The minimum absolute atomic E-state index is 0.287. The van der Waals surface area contributed by atoms with Crippen LogP contribution in [-0.4, -0.2) is 40.3 Å². The predicted molar refractivity (Wildman–Crippen MR) is 99.5 cm³/mol. The van der Waals surface area contributed by atoms with E-state index in [4.69, 9.17) is 0 Å². The number of aliphatic hydroxyl groups is 1. The summed E-state index contributed by atoms with van der Waals surface area (Å²) in [4.78, 5) is 2.44. The molecule has 3 nitrogen and oxygen atoms in total. The summed E-state index contributed by atoms with van der Waals surface area (Å²) in [5.41, 5.74) is 1.04. The lowest BCUT2D eigenvalue weighted by Gasteiger charge is -2.26. The fourth-order valence-electron chi connectivity index (χ4n) is 4.86. The molecule has 5 heteroatoms. The number of benzene rings is 2. The molecule has 0 spiro atoms. The molecule has 0 amide bonds. The second kappa shape index (κ2) is 7.21. The normalized spacial score (nSPS) is 27.8. The molecule has 0 radical (unpaired) electrons. The van der Waals surface area contributed by atoms with Crippen molar-refractivity contribution in [3.63, 3.8) is 0 Å². The van der Waals surface area contributed by atoms with Crippen LogP contribution in [0.4, 0.5) is 8.78 Å². The average molecular weight is 373 g/mol. The topological polar surface area (TPSA) is 43.7 Å². The molecule has 1 saturated carbocycles. The van der Waals surface area contributed by atoms with Crippen molar-refractivity contribution in [3.8, 4) is 5.75 Å². The van der Waals surface area contributed by atoms with Crippen molar-refractivity contribution in [2.45, 2.75) is 31.3 Å². The summed E-state index contributed by atoms with van der Waals surface area (Å²) in [6.45, 7) is 2.92. The monoisotopic (exact) mass is 373 g/mol. The fourth-order valence-corrected chi connectivity index (χ4v) is 4.86. The third-order valence-electron chi connectivity index (χ3n) is 6.11. The van der Waals surface area contributed by atoms with Crippen molar-refractivity contribution in [2.24, 2.45) is 11.8 Å². The molecule has 2 aromatic rings. The molecular weight excluding hydrogens is 348 g/mol. The summed E-state index contributed by atoms with van der Waals surface area (Å²) in [5, 5.41) is 20.3. The molecule has 0 aromatic heterocycles. The second-order valence-corrected chi connectivity index (χ2v) is 8.25. The van der Waals surface area contributed by atoms with Gasteiger partial charge in [-0.25, -0.2) is 8.78 Å². The van der Waals surface area contributed by atoms with E-state index in [0.717, 1.165) is 32.1 Å². The van der Waals surface area contributed by atoms with Gasteiger partial charge in [0, 0.05) is 26.1 Å². The molecule has 27 heavy (non-hydrogen) atoms. The molecule has 1 heterocycles. The van der Waals surface area contributed by atoms with Crippen LogP contribution in [0.3, 0.4) is 0 Å². The van der Waals surface area contributed by atoms with Crippen LogP contribution in [0.5, 0.6) is 5.75 Å². The Balaban J connectivity index is 1.30. The maximum atomic E-state index is 13.4. The summed E-state index contributed by atoms with van der Waals surface area (Å²) >= 11 is 0. The van der Waals surface area contributed by atoms with Gasteiger partial charge in [-0.05, 0) is 66.5 Å². The fraction of sp³-hybridized carbons (Fsp3) is 0.455. The minimum Gasteiger partial charge on any atom is -0.508 e. The van der Waals surface area contributed by atoms with Crippen LogP contribution in [0.2, 0.25) is 0 Å². The molecule has 1 aliphatic carbocycles. The Bertz CT molecular complexity index is 794. The molecule has 4 rings (SSSR count). The van der Waals surface area contributed by atoms with Gasteiger partial charge < -0.3 is 15.1 Å². The van der Waals surface area contributed by atoms with Gasteiger partial charge in [0.05, 0.1) is 5.60 Å². The predicted octanol–water partition coefficient (Wildman–Crippen LogP) is 3.53. The first-order chi connectivity index (χ1) is 12.9. The van der Waals surface area contributed by atoms with Crippen LogP contribution in [0.1, 0.15) is 24.0 Å². The van der Waals surface area contributed by atoms with Crippen molar-refractivity contribution >= 4 is 0 Å². The lowest BCUT2D eigenvalue weighted by molar-refractivity contribution is 0.0354. The number of rotatable bonds is 5. The lowest BCUT2D eigenvalue weighted by atomic mass is 9.91. The molecule has 2 N–H and O–H groups in total. The van der Waals surface area contributed by atoms with Crippen molar-refractivity contribution in [1.29, 1.82) is 0 Å². The van der Waals surface area contributed by atoms with E-state index in [1.165, 1.54) is 11.6 Å². The Labute approximate surface area is 158 Å². The van der Waals surface area contributed by atoms with Crippen LogP contribution < -0.4 is 0 Å². The first-order valence-electron chi connectivity index (χ1n) is 9.57. The SMILES string of the molecule is Oc1ccc(CCN2C[C@@H]3CC(O)(Cc4ccc(F)c(F)c4)C[C@@H]3C2)cc1. The first-order valence-corrected chi connectivity index (χ1v) is 9.57. The first kappa shape index (κ1) is 18.4.